The molecule has 98 valence electrons. The average Bonchev–Trinajstić information content (AvgIpc) is 2.35. The van der Waals surface area contributed by atoms with E-state index in [4.69, 9.17) is 4.74 Å². The summed E-state index contributed by atoms with van der Waals surface area (Å²) < 4.78 is 6.11. The Morgan fingerprint density at radius 2 is 2.17 bits per heavy atom. The SMILES string of the molecule is CCNC(C1CCC1)C1OCCc2ccccc21. The second kappa shape index (κ2) is 5.41. The smallest absolute Gasteiger partial charge is 0.0983 e. The molecule has 1 N–H and O–H groups in total. The van der Waals surface area contributed by atoms with Crippen LogP contribution in [0.25, 0.3) is 0 Å². The van der Waals surface area contributed by atoms with Crippen molar-refractivity contribution < 1.29 is 4.74 Å². The summed E-state index contributed by atoms with van der Waals surface area (Å²) in [4.78, 5) is 0. The van der Waals surface area contributed by atoms with Crippen LogP contribution in [-0.4, -0.2) is 19.2 Å². The molecule has 2 nitrogen and oxygen atoms in total. The molecule has 0 bridgehead atoms. The van der Waals surface area contributed by atoms with E-state index in [9.17, 15) is 0 Å². The minimum Gasteiger partial charge on any atom is -0.372 e. The first kappa shape index (κ1) is 12.2. The predicted octanol–water partition coefficient (Wildman–Crippen LogP) is 3.08. The third-order valence-electron chi connectivity index (χ3n) is 4.45. The maximum absolute atomic E-state index is 6.11. The van der Waals surface area contributed by atoms with Crippen LogP contribution in [0, 0.1) is 5.92 Å². The molecule has 1 aliphatic carbocycles. The van der Waals surface area contributed by atoms with Gasteiger partial charge in [-0.15, -0.1) is 0 Å². The molecule has 1 heterocycles. The highest BCUT2D eigenvalue weighted by Gasteiger charge is 2.36. The topological polar surface area (TPSA) is 21.3 Å². The van der Waals surface area contributed by atoms with E-state index in [1.165, 1.54) is 30.4 Å². The van der Waals surface area contributed by atoms with Gasteiger partial charge in [-0.2, -0.15) is 0 Å². The largest absolute Gasteiger partial charge is 0.372 e. The monoisotopic (exact) mass is 245 g/mol. The summed E-state index contributed by atoms with van der Waals surface area (Å²) in [5, 5.41) is 3.67. The summed E-state index contributed by atoms with van der Waals surface area (Å²) in [7, 11) is 0. The highest BCUT2D eigenvalue weighted by molar-refractivity contribution is 5.32. The fourth-order valence-corrected chi connectivity index (χ4v) is 3.28. The van der Waals surface area contributed by atoms with Crippen LogP contribution in [0.15, 0.2) is 24.3 Å². The van der Waals surface area contributed by atoms with Crippen molar-refractivity contribution >= 4 is 0 Å². The molecule has 1 fully saturated rings. The van der Waals surface area contributed by atoms with Gasteiger partial charge in [-0.25, -0.2) is 0 Å². The number of hydrogen-bond donors (Lipinski definition) is 1. The van der Waals surface area contributed by atoms with Crippen molar-refractivity contribution in [3.8, 4) is 0 Å². The van der Waals surface area contributed by atoms with E-state index in [1.54, 1.807) is 0 Å². The molecule has 2 heteroatoms. The summed E-state index contributed by atoms with van der Waals surface area (Å²) in [6.45, 7) is 4.10. The fourth-order valence-electron chi connectivity index (χ4n) is 3.28. The highest BCUT2D eigenvalue weighted by Crippen LogP contribution is 2.39. The van der Waals surface area contributed by atoms with Crippen LogP contribution in [0.5, 0.6) is 0 Å². The normalized spacial score (nSPS) is 25.3. The molecule has 1 aromatic rings. The lowest BCUT2D eigenvalue weighted by Gasteiger charge is -2.41. The van der Waals surface area contributed by atoms with Crippen LogP contribution in [-0.2, 0) is 11.2 Å². The molecule has 1 aliphatic heterocycles. The van der Waals surface area contributed by atoms with E-state index in [0.29, 0.717) is 6.04 Å². The molecular weight excluding hydrogens is 222 g/mol. The van der Waals surface area contributed by atoms with Crippen molar-refractivity contribution in [3.05, 3.63) is 35.4 Å². The molecule has 1 saturated carbocycles. The molecule has 0 saturated heterocycles. The van der Waals surface area contributed by atoms with Crippen LogP contribution in [0.4, 0.5) is 0 Å². The minimum atomic E-state index is 0.264. The first-order valence-corrected chi connectivity index (χ1v) is 7.33. The van der Waals surface area contributed by atoms with Crippen LogP contribution < -0.4 is 5.32 Å². The van der Waals surface area contributed by atoms with Gasteiger partial charge in [0.1, 0.15) is 0 Å². The Kier molecular flexibility index (Phi) is 3.67. The van der Waals surface area contributed by atoms with E-state index in [1.807, 2.05) is 0 Å². The predicted molar refractivity (Wildman–Crippen MR) is 73.6 cm³/mol. The maximum Gasteiger partial charge on any atom is 0.0983 e. The van der Waals surface area contributed by atoms with E-state index in [-0.39, 0.29) is 6.10 Å². The van der Waals surface area contributed by atoms with Crippen molar-refractivity contribution in [3.63, 3.8) is 0 Å². The van der Waals surface area contributed by atoms with E-state index >= 15 is 0 Å². The van der Waals surface area contributed by atoms with Gasteiger partial charge in [-0.1, -0.05) is 37.6 Å². The number of nitrogens with one attached hydrogen (secondary N) is 1. The molecule has 0 aromatic heterocycles. The van der Waals surface area contributed by atoms with Gasteiger partial charge in [0.2, 0.25) is 0 Å². The summed E-state index contributed by atoms with van der Waals surface area (Å²) in [5.74, 6) is 0.807. The third-order valence-corrected chi connectivity index (χ3v) is 4.45. The fraction of sp³-hybridized carbons (Fsp3) is 0.625. The zero-order valence-corrected chi connectivity index (χ0v) is 11.2. The van der Waals surface area contributed by atoms with E-state index in [0.717, 1.165) is 25.5 Å². The standard InChI is InChI=1S/C16H23NO/c1-2-17-15(13-7-5-8-13)16-14-9-4-3-6-12(14)10-11-18-16/h3-4,6,9,13,15-17H,2,5,7-8,10-11H2,1H3. The van der Waals surface area contributed by atoms with Gasteiger partial charge in [-0.3, -0.25) is 0 Å². The van der Waals surface area contributed by atoms with E-state index < -0.39 is 0 Å². The number of fused-ring (bicyclic) bond motifs is 1. The molecule has 2 unspecified atom stereocenters. The maximum atomic E-state index is 6.11. The minimum absolute atomic E-state index is 0.264. The number of benzene rings is 1. The first-order valence-electron chi connectivity index (χ1n) is 7.33. The van der Waals surface area contributed by atoms with Crippen molar-refractivity contribution in [2.45, 2.75) is 44.8 Å². The number of likely N-dealkylation sites (N-methyl/N-ethyl adjacent to an activating group) is 1. The number of hydrogen-bond acceptors (Lipinski definition) is 2. The zero-order valence-electron chi connectivity index (χ0n) is 11.2. The van der Waals surface area contributed by atoms with Crippen molar-refractivity contribution in [1.82, 2.24) is 5.32 Å². The zero-order chi connectivity index (χ0) is 12.4. The summed E-state index contributed by atoms with van der Waals surface area (Å²) in [6.07, 6.45) is 5.44. The average molecular weight is 245 g/mol. The van der Waals surface area contributed by atoms with Gasteiger partial charge in [0.15, 0.2) is 0 Å². The molecule has 18 heavy (non-hydrogen) atoms. The molecular formula is C16H23NO. The Morgan fingerprint density at radius 1 is 1.33 bits per heavy atom. The van der Waals surface area contributed by atoms with Crippen LogP contribution in [0.1, 0.15) is 43.4 Å². The first-order chi connectivity index (χ1) is 8.90. The quantitative estimate of drug-likeness (QED) is 0.880. The van der Waals surface area contributed by atoms with Gasteiger partial charge < -0.3 is 10.1 Å². The second-order valence-corrected chi connectivity index (χ2v) is 5.51. The molecule has 1 aromatic carbocycles. The van der Waals surface area contributed by atoms with Crippen LogP contribution >= 0.6 is 0 Å². The van der Waals surface area contributed by atoms with Crippen molar-refractivity contribution in [1.29, 1.82) is 0 Å². The lowest BCUT2D eigenvalue weighted by molar-refractivity contribution is -0.0117. The Hall–Kier alpha value is -0.860. The summed E-state index contributed by atoms with van der Waals surface area (Å²) in [5.41, 5.74) is 2.90. The van der Waals surface area contributed by atoms with Gasteiger partial charge in [0.25, 0.3) is 0 Å². The molecule has 3 rings (SSSR count). The molecule has 0 amide bonds. The molecule has 0 spiro atoms. The van der Waals surface area contributed by atoms with Crippen LogP contribution in [0.2, 0.25) is 0 Å². The highest BCUT2D eigenvalue weighted by atomic mass is 16.5. The van der Waals surface area contributed by atoms with Crippen molar-refractivity contribution in [2.24, 2.45) is 5.92 Å². The second-order valence-electron chi connectivity index (χ2n) is 5.51. The van der Waals surface area contributed by atoms with Gasteiger partial charge in [-0.05, 0) is 42.9 Å². The van der Waals surface area contributed by atoms with Gasteiger partial charge in [0.05, 0.1) is 12.7 Å². The molecule has 0 radical (unpaired) electrons. The Balaban J connectivity index is 1.85. The summed E-state index contributed by atoms with van der Waals surface area (Å²) in [6, 6.07) is 9.30. The third kappa shape index (κ3) is 2.19. The number of ether oxygens (including phenoxy) is 1. The van der Waals surface area contributed by atoms with E-state index in [2.05, 4.69) is 36.5 Å². The van der Waals surface area contributed by atoms with Crippen LogP contribution in [0.3, 0.4) is 0 Å². The van der Waals surface area contributed by atoms with Gasteiger partial charge >= 0.3 is 0 Å². The van der Waals surface area contributed by atoms with Crippen molar-refractivity contribution in [2.75, 3.05) is 13.2 Å². The molecule has 2 aliphatic rings. The Bertz CT molecular complexity index is 400. The lowest BCUT2D eigenvalue weighted by atomic mass is 9.75. The lowest BCUT2D eigenvalue weighted by Crippen LogP contribution is -2.46. The summed E-state index contributed by atoms with van der Waals surface area (Å²) >= 11 is 0. The van der Waals surface area contributed by atoms with Gasteiger partial charge in [0, 0.05) is 6.04 Å². The number of rotatable bonds is 4. The molecule has 2 atom stereocenters. The Morgan fingerprint density at radius 3 is 2.89 bits per heavy atom. The Labute approximate surface area is 110 Å².